The molecule has 0 bridgehead atoms. The van der Waals surface area contributed by atoms with Crippen LogP contribution in [0.2, 0.25) is 0 Å². The summed E-state index contributed by atoms with van der Waals surface area (Å²) >= 11 is 0. The first-order valence-corrected chi connectivity index (χ1v) is 3.33. The summed E-state index contributed by atoms with van der Waals surface area (Å²) in [6.07, 6.45) is 0. The van der Waals surface area contributed by atoms with Gasteiger partial charge in [-0.1, -0.05) is 13.8 Å². The second-order valence-electron chi connectivity index (χ2n) is 1.64. The predicted octanol–water partition coefficient (Wildman–Crippen LogP) is 0.288. The molecule has 0 aliphatic rings. The SMILES string of the molecule is CO[SiH2][C](C)C. The zero-order valence-electron chi connectivity index (χ0n) is 4.62. The summed E-state index contributed by atoms with van der Waals surface area (Å²) in [5.74, 6) is 0. The van der Waals surface area contributed by atoms with Crippen molar-refractivity contribution in [1.82, 2.24) is 0 Å². The summed E-state index contributed by atoms with van der Waals surface area (Å²) in [6, 6.07) is 0. The number of hydrogen-bond donors (Lipinski definition) is 0. The summed E-state index contributed by atoms with van der Waals surface area (Å²) in [6.45, 7) is 4.21. The molecule has 0 unspecified atom stereocenters. The standard InChI is InChI=1S/C4H11OSi/c1-4(2)6-5-3/h6H2,1-3H3. The van der Waals surface area contributed by atoms with Gasteiger partial charge >= 0.3 is 0 Å². The molecule has 0 saturated carbocycles. The van der Waals surface area contributed by atoms with Gasteiger partial charge in [-0.15, -0.1) is 0 Å². The fourth-order valence-corrected chi connectivity index (χ4v) is 0.866. The van der Waals surface area contributed by atoms with Crippen molar-refractivity contribution >= 4 is 9.76 Å². The van der Waals surface area contributed by atoms with Crippen LogP contribution in [-0.2, 0) is 4.43 Å². The van der Waals surface area contributed by atoms with Crippen LogP contribution < -0.4 is 0 Å². The molecule has 0 N–H and O–H groups in total. The number of rotatable bonds is 2. The minimum absolute atomic E-state index is 0.227. The maximum absolute atomic E-state index is 4.91. The van der Waals surface area contributed by atoms with Gasteiger partial charge in [-0.3, -0.25) is 0 Å². The molecule has 1 radical (unpaired) electrons. The second-order valence-corrected chi connectivity index (χ2v) is 3.92. The Bertz CT molecular complexity index is 28.7. The van der Waals surface area contributed by atoms with Gasteiger partial charge in [0.1, 0.15) is 0 Å². The van der Waals surface area contributed by atoms with Gasteiger partial charge in [-0.25, -0.2) is 0 Å². The normalized spacial score (nSPS) is 12.0. The first-order valence-electron chi connectivity index (χ1n) is 2.05. The molecule has 2 heteroatoms. The third-order valence-corrected chi connectivity index (χ3v) is 1.30. The molecule has 0 atom stereocenters. The van der Waals surface area contributed by atoms with Crippen LogP contribution in [0.5, 0.6) is 0 Å². The van der Waals surface area contributed by atoms with Gasteiger partial charge in [-0.2, -0.15) is 0 Å². The highest BCUT2D eigenvalue weighted by atomic mass is 28.2. The summed E-state index contributed by atoms with van der Waals surface area (Å²) in [4.78, 5) is 0. The van der Waals surface area contributed by atoms with Crippen molar-refractivity contribution in [1.29, 1.82) is 0 Å². The average Bonchev–Trinajstić information content (AvgIpc) is 1.35. The number of hydrogen-bond acceptors (Lipinski definition) is 1. The molecular formula is C4H11OSi. The van der Waals surface area contributed by atoms with Gasteiger partial charge in [0.2, 0.25) is 0 Å². The van der Waals surface area contributed by atoms with Crippen molar-refractivity contribution in [3.8, 4) is 0 Å². The molecule has 0 rings (SSSR count). The molecular weight excluding hydrogens is 92.1 g/mol. The van der Waals surface area contributed by atoms with Crippen LogP contribution in [-0.4, -0.2) is 16.9 Å². The van der Waals surface area contributed by atoms with Crippen molar-refractivity contribution < 1.29 is 4.43 Å². The molecule has 0 aromatic heterocycles. The summed E-state index contributed by atoms with van der Waals surface area (Å²) in [7, 11) is 1.54. The van der Waals surface area contributed by atoms with Gasteiger partial charge in [0.25, 0.3) is 0 Å². The first-order chi connectivity index (χ1) is 2.77. The molecule has 0 aliphatic carbocycles. The fourth-order valence-electron chi connectivity index (χ4n) is 0.289. The van der Waals surface area contributed by atoms with Crippen molar-refractivity contribution in [2.45, 2.75) is 13.8 Å². The molecule has 0 amide bonds. The van der Waals surface area contributed by atoms with E-state index in [4.69, 9.17) is 4.43 Å². The lowest BCUT2D eigenvalue weighted by Crippen LogP contribution is -1.99. The molecule has 0 aliphatic heterocycles. The van der Waals surface area contributed by atoms with E-state index in [1.165, 1.54) is 5.54 Å². The van der Waals surface area contributed by atoms with Gasteiger partial charge < -0.3 is 4.43 Å². The highest BCUT2D eigenvalue weighted by Crippen LogP contribution is 1.88. The molecule has 0 saturated heterocycles. The van der Waals surface area contributed by atoms with E-state index in [2.05, 4.69) is 13.8 Å². The van der Waals surface area contributed by atoms with E-state index in [1.807, 2.05) is 0 Å². The Hall–Kier alpha value is 0.177. The van der Waals surface area contributed by atoms with Crippen LogP contribution in [0.15, 0.2) is 0 Å². The van der Waals surface area contributed by atoms with Gasteiger partial charge in [-0.05, 0) is 5.54 Å². The Morgan fingerprint density at radius 1 is 1.50 bits per heavy atom. The monoisotopic (exact) mass is 103 g/mol. The summed E-state index contributed by atoms with van der Waals surface area (Å²) < 4.78 is 4.91. The summed E-state index contributed by atoms with van der Waals surface area (Å²) in [5, 5.41) is 0. The van der Waals surface area contributed by atoms with E-state index in [0.29, 0.717) is 0 Å². The molecule has 0 fully saturated rings. The van der Waals surface area contributed by atoms with Gasteiger partial charge in [0.15, 0.2) is 9.76 Å². The van der Waals surface area contributed by atoms with Crippen molar-refractivity contribution in [3.63, 3.8) is 0 Å². The van der Waals surface area contributed by atoms with Gasteiger partial charge in [0, 0.05) is 7.11 Å². The van der Waals surface area contributed by atoms with Crippen LogP contribution in [0.3, 0.4) is 0 Å². The predicted molar refractivity (Wildman–Crippen MR) is 30.1 cm³/mol. The maximum atomic E-state index is 4.91. The molecule has 37 valence electrons. The van der Waals surface area contributed by atoms with E-state index < -0.39 is 0 Å². The largest absolute Gasteiger partial charge is 0.427 e. The van der Waals surface area contributed by atoms with Crippen molar-refractivity contribution in [2.24, 2.45) is 0 Å². The maximum Gasteiger partial charge on any atom is 0.166 e. The highest BCUT2D eigenvalue weighted by Gasteiger charge is 1.88. The summed E-state index contributed by atoms with van der Waals surface area (Å²) in [5.41, 5.74) is 1.46. The molecule has 0 heterocycles. The quantitative estimate of drug-likeness (QED) is 0.456. The lowest BCUT2D eigenvalue weighted by Gasteiger charge is -1.95. The molecule has 0 aromatic rings. The van der Waals surface area contributed by atoms with Crippen molar-refractivity contribution in [3.05, 3.63) is 5.54 Å². The molecule has 6 heavy (non-hydrogen) atoms. The highest BCUT2D eigenvalue weighted by molar-refractivity contribution is 6.34. The molecule has 1 nitrogen and oxygen atoms in total. The molecule has 0 spiro atoms. The minimum atomic E-state index is -0.227. The zero-order chi connectivity index (χ0) is 4.99. The lowest BCUT2D eigenvalue weighted by molar-refractivity contribution is 0.443. The van der Waals surface area contributed by atoms with Crippen LogP contribution in [0.1, 0.15) is 13.8 Å². The Balaban J connectivity index is 2.63. The van der Waals surface area contributed by atoms with Crippen LogP contribution in [0.25, 0.3) is 0 Å². The van der Waals surface area contributed by atoms with Crippen LogP contribution in [0.4, 0.5) is 0 Å². The Labute approximate surface area is 41.6 Å². The third kappa shape index (κ3) is 4.18. The van der Waals surface area contributed by atoms with Gasteiger partial charge in [0.05, 0.1) is 0 Å². The Kier molecular flexibility index (Phi) is 3.47. The average molecular weight is 103 g/mol. The molecule has 0 aromatic carbocycles. The van der Waals surface area contributed by atoms with E-state index >= 15 is 0 Å². The zero-order valence-corrected chi connectivity index (χ0v) is 6.03. The second kappa shape index (κ2) is 3.37. The Morgan fingerprint density at radius 3 is 2.00 bits per heavy atom. The van der Waals surface area contributed by atoms with Crippen LogP contribution in [0, 0.1) is 5.54 Å². The van der Waals surface area contributed by atoms with E-state index in [-0.39, 0.29) is 9.76 Å². The van der Waals surface area contributed by atoms with E-state index in [9.17, 15) is 0 Å². The lowest BCUT2D eigenvalue weighted by atomic mass is 10.6. The topological polar surface area (TPSA) is 9.23 Å². The van der Waals surface area contributed by atoms with Crippen molar-refractivity contribution in [2.75, 3.05) is 7.11 Å². The Morgan fingerprint density at radius 2 is 2.00 bits per heavy atom. The van der Waals surface area contributed by atoms with E-state index in [0.717, 1.165) is 0 Å². The third-order valence-electron chi connectivity index (χ3n) is 0.433. The fraction of sp³-hybridized carbons (Fsp3) is 0.750. The minimum Gasteiger partial charge on any atom is -0.427 e. The van der Waals surface area contributed by atoms with E-state index in [1.54, 1.807) is 7.11 Å². The van der Waals surface area contributed by atoms with Crippen LogP contribution >= 0.6 is 0 Å². The first kappa shape index (κ1) is 6.18. The smallest absolute Gasteiger partial charge is 0.166 e.